The summed E-state index contributed by atoms with van der Waals surface area (Å²) in [6, 6.07) is 1.91. The van der Waals surface area contributed by atoms with Gasteiger partial charge in [0, 0.05) is 24.8 Å². The Bertz CT molecular complexity index is 1120. The van der Waals surface area contributed by atoms with Crippen molar-refractivity contribution in [3.8, 4) is 0 Å². The molecule has 4 saturated carbocycles. The molecule has 0 aromatic carbocycles. The van der Waals surface area contributed by atoms with Crippen LogP contribution >= 0.6 is 0 Å². The number of aliphatic hydroxyl groups is 1. The molecule has 0 spiro atoms. The summed E-state index contributed by atoms with van der Waals surface area (Å²) in [5, 5.41) is 21.0. The van der Waals surface area contributed by atoms with Crippen molar-refractivity contribution >= 4 is 23.6 Å². The number of methoxy groups -OCH3 is 1. The van der Waals surface area contributed by atoms with E-state index in [4.69, 9.17) is 4.74 Å². The largest absolute Gasteiger partial charge is 0.468 e. The number of anilines is 3. The van der Waals surface area contributed by atoms with Crippen LogP contribution in [0.25, 0.3) is 0 Å². The molecule has 0 radical (unpaired) electrons. The van der Waals surface area contributed by atoms with Gasteiger partial charge in [-0.3, -0.25) is 9.89 Å². The van der Waals surface area contributed by atoms with Crippen molar-refractivity contribution in [3.63, 3.8) is 0 Å². The lowest BCUT2D eigenvalue weighted by molar-refractivity contribution is -0.144. The minimum absolute atomic E-state index is 0.0204. The summed E-state index contributed by atoms with van der Waals surface area (Å²) in [6.07, 6.45) is 5.27. The first-order valence-electron chi connectivity index (χ1n) is 13.0. The maximum absolute atomic E-state index is 15.9. The van der Waals surface area contributed by atoms with Crippen LogP contribution in [0.1, 0.15) is 69.7 Å². The van der Waals surface area contributed by atoms with Gasteiger partial charge in [-0.1, -0.05) is 20.3 Å². The topological polar surface area (TPSA) is 116 Å². The van der Waals surface area contributed by atoms with Crippen LogP contribution < -0.4 is 10.2 Å². The molecule has 0 amide bonds. The second-order valence-corrected chi connectivity index (χ2v) is 11.3. The molecule has 6 rings (SSSR count). The molecule has 2 aromatic heterocycles. The molecule has 3 N–H and O–H groups in total. The van der Waals surface area contributed by atoms with Crippen molar-refractivity contribution in [1.82, 2.24) is 20.2 Å². The van der Waals surface area contributed by atoms with Crippen LogP contribution in [0, 0.1) is 36.4 Å². The van der Waals surface area contributed by atoms with Crippen LogP contribution in [0.15, 0.2) is 6.07 Å². The number of esters is 1. The van der Waals surface area contributed by atoms with E-state index in [1.54, 1.807) is 6.07 Å². The van der Waals surface area contributed by atoms with Gasteiger partial charge in [-0.25, -0.2) is 9.37 Å². The summed E-state index contributed by atoms with van der Waals surface area (Å²) in [5.41, 5.74) is 0.299. The van der Waals surface area contributed by atoms with E-state index in [9.17, 15) is 9.90 Å². The average molecular weight is 501 g/mol. The highest BCUT2D eigenvalue weighted by atomic mass is 19.1. The molecule has 4 unspecified atom stereocenters. The third-order valence-electron chi connectivity index (χ3n) is 8.73. The van der Waals surface area contributed by atoms with Crippen molar-refractivity contribution in [2.45, 2.75) is 76.9 Å². The fraction of sp³-hybridized carbons (Fsp3) is 0.692. The molecule has 4 fully saturated rings. The number of aryl methyl sites for hydroxylation is 1. The number of rotatable bonds is 8. The van der Waals surface area contributed by atoms with Gasteiger partial charge in [0.2, 0.25) is 5.95 Å². The van der Waals surface area contributed by atoms with Gasteiger partial charge in [0.1, 0.15) is 5.92 Å². The minimum Gasteiger partial charge on any atom is -0.468 e. The molecule has 4 aliphatic carbocycles. The van der Waals surface area contributed by atoms with E-state index in [2.05, 4.69) is 25.5 Å². The molecular weight excluding hydrogens is 463 g/mol. The number of hydrogen-bond acceptors (Lipinski definition) is 8. The van der Waals surface area contributed by atoms with E-state index in [0.29, 0.717) is 35.9 Å². The van der Waals surface area contributed by atoms with Gasteiger partial charge in [0.15, 0.2) is 17.5 Å². The van der Waals surface area contributed by atoms with Crippen LogP contribution in [-0.4, -0.2) is 57.0 Å². The third-order valence-corrected chi connectivity index (χ3v) is 8.73. The van der Waals surface area contributed by atoms with Gasteiger partial charge in [0.25, 0.3) is 0 Å². The Labute approximate surface area is 211 Å². The number of carbonyl (C=O) groups is 1. The molecule has 36 heavy (non-hydrogen) atoms. The number of nitrogens with zero attached hydrogens (tertiary/aromatic N) is 4. The number of ether oxygens (including phenoxy) is 1. The zero-order chi connectivity index (χ0) is 25.8. The van der Waals surface area contributed by atoms with E-state index in [0.717, 1.165) is 37.8 Å². The predicted octanol–water partition coefficient (Wildman–Crippen LogP) is 4.07. The molecule has 4 bridgehead atoms. The van der Waals surface area contributed by atoms with Crippen molar-refractivity contribution in [2.75, 3.05) is 24.4 Å². The van der Waals surface area contributed by atoms with E-state index < -0.39 is 23.3 Å². The number of halogens is 1. The smallest absolute Gasteiger partial charge is 0.315 e. The number of hydrogen-bond donors (Lipinski definition) is 3. The third kappa shape index (κ3) is 4.33. The van der Waals surface area contributed by atoms with Gasteiger partial charge in [-0.05, 0) is 62.7 Å². The number of H-pyrrole nitrogens is 1. The maximum atomic E-state index is 15.9. The first kappa shape index (κ1) is 24.9. The van der Waals surface area contributed by atoms with E-state index in [1.807, 2.05) is 32.7 Å². The summed E-state index contributed by atoms with van der Waals surface area (Å²) in [4.78, 5) is 24.2. The second-order valence-electron chi connectivity index (χ2n) is 11.3. The van der Waals surface area contributed by atoms with Crippen LogP contribution in [0.2, 0.25) is 0 Å². The lowest BCUT2D eigenvalue weighted by Gasteiger charge is -2.59. The quantitative estimate of drug-likeness (QED) is 0.465. The Kier molecular flexibility index (Phi) is 6.43. The molecule has 0 saturated heterocycles. The highest BCUT2D eigenvalue weighted by Gasteiger charge is 2.56. The fourth-order valence-electron chi connectivity index (χ4n) is 7.20. The van der Waals surface area contributed by atoms with E-state index in [-0.39, 0.29) is 23.5 Å². The Morgan fingerprint density at radius 1 is 1.33 bits per heavy atom. The Hall–Kier alpha value is -2.75. The van der Waals surface area contributed by atoms with Crippen LogP contribution in [-0.2, 0) is 9.53 Å². The number of aromatic amines is 1. The predicted molar refractivity (Wildman–Crippen MR) is 134 cm³/mol. The van der Waals surface area contributed by atoms with Gasteiger partial charge in [-0.15, -0.1) is 0 Å². The van der Waals surface area contributed by atoms with Crippen LogP contribution in [0.4, 0.5) is 22.0 Å². The van der Waals surface area contributed by atoms with Crippen LogP contribution in [0.5, 0.6) is 0 Å². The maximum Gasteiger partial charge on any atom is 0.315 e. The average Bonchev–Trinajstić information content (AvgIpc) is 3.23. The molecule has 2 aromatic rings. The molecule has 10 heteroatoms. The molecule has 9 nitrogen and oxygen atoms in total. The SMILES string of the molecule is CCC(C)C(C(=O)OC)c1nc(N(C)C2C3CC4CC2CC(O)(C4)C3)nc(Nc2cc(C)[nH]n2)c1F. The summed E-state index contributed by atoms with van der Waals surface area (Å²) in [5.74, 6) is -0.241. The second kappa shape index (κ2) is 9.28. The van der Waals surface area contributed by atoms with Crippen LogP contribution in [0.3, 0.4) is 0 Å². The Balaban J connectivity index is 1.56. The molecule has 0 aliphatic heterocycles. The molecule has 4 aliphatic rings. The number of nitrogens with one attached hydrogen (secondary N) is 2. The highest BCUT2D eigenvalue weighted by Crippen LogP contribution is 2.57. The summed E-state index contributed by atoms with van der Waals surface area (Å²) < 4.78 is 21.0. The van der Waals surface area contributed by atoms with Gasteiger partial charge in [0.05, 0.1) is 18.4 Å². The fourth-order valence-corrected chi connectivity index (χ4v) is 7.20. The molecule has 196 valence electrons. The first-order valence-corrected chi connectivity index (χ1v) is 13.0. The standard InChI is InChI=1S/C26H37FN6O3/c1-6-13(2)19(24(34)36-5)21-20(27)23(28-18-7-14(3)31-32-18)30-25(29-21)33(4)22-16-8-15-9-17(22)12-26(35,10-15)11-16/h7,13,15-17,19,22,35H,6,8-12H2,1-5H3,(H2,28,29,30,31,32). The van der Waals surface area contributed by atoms with Gasteiger partial charge >= 0.3 is 5.97 Å². The van der Waals surface area contributed by atoms with Crippen molar-refractivity contribution in [3.05, 3.63) is 23.3 Å². The monoisotopic (exact) mass is 500 g/mol. The first-order chi connectivity index (χ1) is 17.1. The lowest BCUT2D eigenvalue weighted by Crippen LogP contribution is -2.61. The summed E-state index contributed by atoms with van der Waals surface area (Å²) in [7, 11) is 3.27. The zero-order valence-electron chi connectivity index (χ0n) is 21.7. The molecule has 4 atom stereocenters. The molecule has 2 heterocycles. The van der Waals surface area contributed by atoms with E-state index >= 15 is 4.39 Å². The van der Waals surface area contributed by atoms with Crippen molar-refractivity contribution in [1.29, 1.82) is 0 Å². The minimum atomic E-state index is -0.865. The highest BCUT2D eigenvalue weighted by molar-refractivity contribution is 5.78. The zero-order valence-corrected chi connectivity index (χ0v) is 21.7. The van der Waals surface area contributed by atoms with Gasteiger partial charge in [-0.2, -0.15) is 10.1 Å². The van der Waals surface area contributed by atoms with Gasteiger partial charge < -0.3 is 20.1 Å². The number of carbonyl (C=O) groups excluding carboxylic acids is 1. The molecular formula is C26H37FN6O3. The summed E-state index contributed by atoms with van der Waals surface area (Å²) >= 11 is 0. The normalized spacial score (nSPS) is 30.2. The van der Waals surface area contributed by atoms with Crippen molar-refractivity contribution < 1.29 is 19.0 Å². The lowest BCUT2D eigenvalue weighted by atomic mass is 9.52. The summed E-state index contributed by atoms with van der Waals surface area (Å²) in [6.45, 7) is 5.71. The van der Waals surface area contributed by atoms with E-state index in [1.165, 1.54) is 7.11 Å². The Morgan fingerprint density at radius 2 is 2.03 bits per heavy atom. The number of aromatic nitrogens is 4. The van der Waals surface area contributed by atoms with Crippen molar-refractivity contribution in [2.24, 2.45) is 23.7 Å². The Morgan fingerprint density at radius 3 is 2.58 bits per heavy atom.